The third-order valence-electron chi connectivity index (χ3n) is 2.90. The van der Waals surface area contributed by atoms with Crippen molar-refractivity contribution in [1.82, 2.24) is 0 Å². The van der Waals surface area contributed by atoms with E-state index in [0.29, 0.717) is 17.7 Å². The predicted molar refractivity (Wildman–Crippen MR) is 82.3 cm³/mol. The number of halogens is 3. The van der Waals surface area contributed by atoms with E-state index in [-0.39, 0.29) is 11.7 Å². The summed E-state index contributed by atoms with van der Waals surface area (Å²) in [4.78, 5) is 11.9. The number of alkyl halides is 3. The van der Waals surface area contributed by atoms with Crippen LogP contribution in [-0.2, 0) is 4.79 Å². The van der Waals surface area contributed by atoms with Gasteiger partial charge in [0.2, 0.25) is 5.91 Å². The molecule has 0 aliphatic heterocycles. The number of nitrogens with two attached hydrogens (primary N) is 1. The third-order valence-corrected chi connectivity index (χ3v) is 3.55. The van der Waals surface area contributed by atoms with E-state index in [0.717, 1.165) is 5.75 Å². The lowest BCUT2D eigenvalue weighted by Gasteiger charge is -2.16. The highest BCUT2D eigenvalue weighted by molar-refractivity contribution is 7.98. The van der Waals surface area contributed by atoms with Crippen molar-refractivity contribution in [1.29, 1.82) is 0 Å². The monoisotopic (exact) mass is 336 g/mol. The van der Waals surface area contributed by atoms with Crippen LogP contribution in [0.2, 0.25) is 0 Å². The standard InChI is InChI=1S/C14H19F3N2O2S/c1-9-11(19-13(20)10(18)6-7-22-2)4-3-5-12(9)21-8-14(15,16)17/h3-5,10H,6-8,18H2,1-2H3,(H,19,20)/t10-/m0/s1. The zero-order valence-electron chi connectivity index (χ0n) is 12.4. The molecule has 1 aromatic rings. The Morgan fingerprint density at radius 1 is 1.45 bits per heavy atom. The van der Waals surface area contributed by atoms with Crippen molar-refractivity contribution < 1.29 is 22.7 Å². The first-order valence-corrected chi connectivity index (χ1v) is 7.98. The van der Waals surface area contributed by atoms with Gasteiger partial charge >= 0.3 is 6.18 Å². The van der Waals surface area contributed by atoms with Crippen molar-refractivity contribution in [2.75, 3.05) is 23.9 Å². The zero-order valence-corrected chi connectivity index (χ0v) is 13.2. The molecule has 0 unspecified atom stereocenters. The second kappa shape index (κ2) is 8.28. The first kappa shape index (κ1) is 18.6. The molecule has 0 radical (unpaired) electrons. The Kier molecular flexibility index (Phi) is 7.02. The highest BCUT2D eigenvalue weighted by atomic mass is 32.2. The molecular formula is C14H19F3N2O2S. The summed E-state index contributed by atoms with van der Waals surface area (Å²) < 4.78 is 41.3. The molecule has 0 fully saturated rings. The largest absolute Gasteiger partial charge is 0.484 e. The molecule has 0 saturated heterocycles. The van der Waals surface area contributed by atoms with Gasteiger partial charge in [-0.1, -0.05) is 6.07 Å². The Morgan fingerprint density at radius 3 is 2.73 bits per heavy atom. The number of benzene rings is 1. The Labute approximate surface area is 131 Å². The van der Waals surface area contributed by atoms with Crippen molar-refractivity contribution in [3.63, 3.8) is 0 Å². The summed E-state index contributed by atoms with van der Waals surface area (Å²) in [6, 6.07) is 3.87. The van der Waals surface area contributed by atoms with Gasteiger partial charge in [-0.05, 0) is 37.5 Å². The van der Waals surface area contributed by atoms with Crippen molar-refractivity contribution in [2.45, 2.75) is 25.6 Å². The molecule has 1 aromatic carbocycles. The van der Waals surface area contributed by atoms with E-state index < -0.39 is 18.8 Å². The van der Waals surface area contributed by atoms with Gasteiger partial charge in [0.05, 0.1) is 6.04 Å². The average Bonchev–Trinajstić information content (AvgIpc) is 2.44. The van der Waals surface area contributed by atoms with E-state index in [9.17, 15) is 18.0 Å². The smallest absolute Gasteiger partial charge is 0.422 e. The van der Waals surface area contributed by atoms with E-state index in [1.54, 1.807) is 24.8 Å². The Hall–Kier alpha value is -1.41. The minimum absolute atomic E-state index is 0.0767. The molecule has 0 bridgehead atoms. The molecule has 1 atom stereocenters. The number of nitrogens with one attached hydrogen (secondary N) is 1. The molecule has 4 nitrogen and oxygen atoms in total. The van der Waals surface area contributed by atoms with E-state index in [1.165, 1.54) is 12.1 Å². The Balaban J connectivity index is 2.73. The summed E-state index contributed by atoms with van der Waals surface area (Å²) in [5.74, 6) is 0.459. The van der Waals surface area contributed by atoms with Crippen molar-refractivity contribution in [3.05, 3.63) is 23.8 Å². The summed E-state index contributed by atoms with van der Waals surface area (Å²) >= 11 is 1.58. The fraction of sp³-hybridized carbons (Fsp3) is 0.500. The number of rotatable bonds is 7. The van der Waals surface area contributed by atoms with Crippen molar-refractivity contribution >= 4 is 23.4 Å². The molecule has 22 heavy (non-hydrogen) atoms. The predicted octanol–water partition coefficient (Wildman–Crippen LogP) is 2.96. The molecule has 0 aliphatic rings. The topological polar surface area (TPSA) is 64.4 Å². The maximum Gasteiger partial charge on any atom is 0.422 e. The number of anilines is 1. The summed E-state index contributed by atoms with van der Waals surface area (Å²) in [6.07, 6.45) is -1.97. The molecule has 0 saturated carbocycles. The van der Waals surface area contributed by atoms with Crippen LogP contribution in [0.15, 0.2) is 18.2 Å². The molecular weight excluding hydrogens is 317 g/mol. The molecule has 3 N–H and O–H groups in total. The molecule has 0 heterocycles. The lowest BCUT2D eigenvalue weighted by Crippen LogP contribution is -2.36. The summed E-state index contributed by atoms with van der Waals surface area (Å²) in [5.41, 5.74) is 6.57. The molecule has 1 rings (SSSR count). The maximum atomic E-state index is 12.2. The highest BCUT2D eigenvalue weighted by Crippen LogP contribution is 2.27. The van der Waals surface area contributed by atoms with Crippen LogP contribution in [0.3, 0.4) is 0 Å². The SMILES string of the molecule is CSCC[C@H](N)C(=O)Nc1cccc(OCC(F)(F)F)c1C. The number of carbonyl (C=O) groups excluding carboxylic acids is 1. The number of thioether (sulfide) groups is 1. The minimum atomic E-state index is -4.41. The van der Waals surface area contributed by atoms with E-state index in [1.807, 2.05) is 6.26 Å². The van der Waals surface area contributed by atoms with Crippen LogP contribution >= 0.6 is 11.8 Å². The van der Waals surface area contributed by atoms with Crippen LogP contribution < -0.4 is 15.8 Å². The highest BCUT2D eigenvalue weighted by Gasteiger charge is 2.28. The van der Waals surface area contributed by atoms with Gasteiger partial charge in [0, 0.05) is 11.3 Å². The molecule has 8 heteroatoms. The van der Waals surface area contributed by atoms with Crippen LogP contribution in [0.1, 0.15) is 12.0 Å². The van der Waals surface area contributed by atoms with Crippen molar-refractivity contribution in [3.8, 4) is 5.75 Å². The summed E-state index contributed by atoms with van der Waals surface area (Å²) in [7, 11) is 0. The number of hydrogen-bond donors (Lipinski definition) is 2. The van der Waals surface area contributed by atoms with Gasteiger partial charge in [0.25, 0.3) is 0 Å². The average molecular weight is 336 g/mol. The molecule has 0 aromatic heterocycles. The van der Waals surface area contributed by atoms with Gasteiger partial charge in [0.15, 0.2) is 6.61 Å². The number of amides is 1. The third kappa shape index (κ3) is 6.15. The maximum absolute atomic E-state index is 12.2. The van der Waals surface area contributed by atoms with Gasteiger partial charge < -0.3 is 15.8 Å². The Morgan fingerprint density at radius 2 is 2.14 bits per heavy atom. The lowest BCUT2D eigenvalue weighted by atomic mass is 10.1. The first-order valence-electron chi connectivity index (χ1n) is 6.59. The molecule has 0 aliphatic carbocycles. The van der Waals surface area contributed by atoms with Crippen LogP contribution in [0.5, 0.6) is 5.75 Å². The molecule has 124 valence electrons. The fourth-order valence-electron chi connectivity index (χ4n) is 1.67. The number of hydrogen-bond acceptors (Lipinski definition) is 4. The van der Waals surface area contributed by atoms with Crippen LogP contribution in [0, 0.1) is 6.92 Å². The first-order chi connectivity index (χ1) is 10.2. The molecule has 1 amide bonds. The summed E-state index contributed by atoms with van der Waals surface area (Å²) in [5, 5.41) is 2.62. The zero-order chi connectivity index (χ0) is 16.8. The van der Waals surface area contributed by atoms with Gasteiger partial charge in [-0.15, -0.1) is 0 Å². The van der Waals surface area contributed by atoms with Crippen LogP contribution in [0.4, 0.5) is 18.9 Å². The van der Waals surface area contributed by atoms with E-state index in [2.05, 4.69) is 5.32 Å². The fourth-order valence-corrected chi connectivity index (χ4v) is 2.16. The van der Waals surface area contributed by atoms with E-state index >= 15 is 0 Å². The quantitative estimate of drug-likeness (QED) is 0.803. The summed E-state index contributed by atoms with van der Waals surface area (Å²) in [6.45, 7) is 0.202. The van der Waals surface area contributed by atoms with Gasteiger partial charge in [-0.2, -0.15) is 24.9 Å². The van der Waals surface area contributed by atoms with Gasteiger partial charge in [-0.3, -0.25) is 4.79 Å². The second-order valence-electron chi connectivity index (χ2n) is 4.71. The number of ether oxygens (including phenoxy) is 1. The minimum Gasteiger partial charge on any atom is -0.484 e. The van der Waals surface area contributed by atoms with Crippen molar-refractivity contribution in [2.24, 2.45) is 5.73 Å². The second-order valence-corrected chi connectivity index (χ2v) is 5.70. The number of carbonyl (C=O) groups is 1. The van der Waals surface area contributed by atoms with Gasteiger partial charge in [0.1, 0.15) is 5.75 Å². The lowest BCUT2D eigenvalue weighted by molar-refractivity contribution is -0.153. The Bertz CT molecular complexity index is 509. The van der Waals surface area contributed by atoms with Crippen LogP contribution in [0.25, 0.3) is 0 Å². The van der Waals surface area contributed by atoms with Crippen LogP contribution in [-0.4, -0.2) is 36.7 Å². The van der Waals surface area contributed by atoms with E-state index in [4.69, 9.17) is 10.5 Å². The molecule has 0 spiro atoms. The van der Waals surface area contributed by atoms with Gasteiger partial charge in [-0.25, -0.2) is 0 Å². The normalized spacial score (nSPS) is 12.8.